The van der Waals surface area contributed by atoms with Crippen molar-refractivity contribution in [3.05, 3.63) is 58.7 Å². The van der Waals surface area contributed by atoms with Gasteiger partial charge in [0.15, 0.2) is 0 Å². The van der Waals surface area contributed by atoms with E-state index in [2.05, 4.69) is 22.4 Å². The maximum atomic E-state index is 5.80. The van der Waals surface area contributed by atoms with Crippen molar-refractivity contribution in [1.29, 1.82) is 0 Å². The second-order valence-electron chi connectivity index (χ2n) is 4.12. The van der Waals surface area contributed by atoms with Gasteiger partial charge in [-0.3, -0.25) is 0 Å². The van der Waals surface area contributed by atoms with E-state index >= 15 is 0 Å². The average molecular weight is 277 g/mol. The number of anilines is 1. The molecule has 19 heavy (non-hydrogen) atoms. The van der Waals surface area contributed by atoms with Crippen LogP contribution in [0.15, 0.2) is 42.6 Å². The van der Waals surface area contributed by atoms with Gasteiger partial charge >= 0.3 is 0 Å². The zero-order chi connectivity index (χ0) is 13.5. The molecule has 0 bridgehead atoms. The molecule has 0 amide bonds. The maximum Gasteiger partial charge on any atom is 0.126 e. The quantitative estimate of drug-likeness (QED) is 0.869. The van der Waals surface area contributed by atoms with Crippen LogP contribution >= 0.6 is 11.6 Å². The van der Waals surface area contributed by atoms with Crippen LogP contribution in [0.3, 0.4) is 0 Å². The molecule has 1 heterocycles. The molecule has 0 saturated heterocycles. The normalized spacial score (nSPS) is 10.4. The topological polar surface area (TPSA) is 34.1 Å². The van der Waals surface area contributed by atoms with Gasteiger partial charge in [-0.25, -0.2) is 4.98 Å². The molecule has 1 aromatic carbocycles. The number of hydrogen-bond acceptors (Lipinski definition) is 3. The number of halogens is 1. The Morgan fingerprint density at radius 2 is 1.95 bits per heavy atom. The summed E-state index contributed by atoms with van der Waals surface area (Å²) in [6, 6.07) is 11.9. The van der Waals surface area contributed by atoms with E-state index in [9.17, 15) is 0 Å². The Morgan fingerprint density at radius 3 is 2.63 bits per heavy atom. The third-order valence-electron chi connectivity index (χ3n) is 2.77. The highest BCUT2D eigenvalue weighted by atomic mass is 35.5. The Balaban J connectivity index is 2.00. The molecule has 0 radical (unpaired) electrons. The third-order valence-corrected chi connectivity index (χ3v) is 2.99. The predicted molar refractivity (Wildman–Crippen MR) is 78.3 cm³/mol. The molecule has 0 aliphatic carbocycles. The Morgan fingerprint density at radius 1 is 1.16 bits per heavy atom. The Labute approximate surface area is 118 Å². The first-order valence-corrected chi connectivity index (χ1v) is 6.67. The summed E-state index contributed by atoms with van der Waals surface area (Å²) in [5.41, 5.74) is 2.42. The molecule has 0 atom stereocenters. The van der Waals surface area contributed by atoms with Crippen LogP contribution in [0, 0.1) is 0 Å². The van der Waals surface area contributed by atoms with E-state index in [1.165, 1.54) is 11.1 Å². The van der Waals surface area contributed by atoms with E-state index in [0.717, 1.165) is 19.0 Å². The zero-order valence-electron chi connectivity index (χ0n) is 10.9. The van der Waals surface area contributed by atoms with Crippen molar-refractivity contribution >= 4 is 17.4 Å². The smallest absolute Gasteiger partial charge is 0.126 e. The van der Waals surface area contributed by atoms with Crippen molar-refractivity contribution in [2.75, 3.05) is 11.9 Å². The number of aromatic nitrogens is 1. The first-order valence-electron chi connectivity index (χ1n) is 6.29. The summed E-state index contributed by atoms with van der Waals surface area (Å²) < 4.78 is 5.47. The van der Waals surface area contributed by atoms with Gasteiger partial charge in [-0.2, -0.15) is 0 Å². The minimum Gasteiger partial charge on any atom is -0.377 e. The number of rotatable bonds is 6. The van der Waals surface area contributed by atoms with Gasteiger partial charge in [0.2, 0.25) is 0 Å². The molecule has 0 unspecified atom stereocenters. The summed E-state index contributed by atoms with van der Waals surface area (Å²) in [5.74, 6) is 0.815. The summed E-state index contributed by atoms with van der Waals surface area (Å²) in [6.45, 7) is 4.08. The first kappa shape index (κ1) is 13.8. The lowest BCUT2D eigenvalue weighted by Gasteiger charge is -2.11. The number of hydrogen-bond donors (Lipinski definition) is 1. The van der Waals surface area contributed by atoms with Crippen LogP contribution < -0.4 is 5.32 Å². The maximum absolute atomic E-state index is 5.80. The van der Waals surface area contributed by atoms with Gasteiger partial charge in [0, 0.05) is 19.3 Å². The molecular formula is C15H17ClN2O. The number of benzene rings is 1. The van der Waals surface area contributed by atoms with Crippen LogP contribution in [-0.2, 0) is 17.9 Å². The van der Waals surface area contributed by atoms with E-state index in [1.807, 2.05) is 31.2 Å². The van der Waals surface area contributed by atoms with Crippen molar-refractivity contribution in [3.8, 4) is 0 Å². The molecule has 2 aromatic rings. The molecule has 100 valence electrons. The highest BCUT2D eigenvalue weighted by molar-refractivity contribution is 6.30. The molecule has 0 spiro atoms. The van der Waals surface area contributed by atoms with Crippen LogP contribution in [0.25, 0.3) is 0 Å². The largest absolute Gasteiger partial charge is 0.377 e. The van der Waals surface area contributed by atoms with Gasteiger partial charge in [-0.05, 0) is 30.2 Å². The highest BCUT2D eigenvalue weighted by Gasteiger charge is 2.02. The summed E-state index contributed by atoms with van der Waals surface area (Å²) >= 11 is 5.80. The molecule has 4 heteroatoms. The predicted octanol–water partition coefficient (Wildman–Crippen LogP) is 3.88. The van der Waals surface area contributed by atoms with E-state index in [-0.39, 0.29) is 0 Å². The molecule has 1 aromatic heterocycles. The van der Waals surface area contributed by atoms with Crippen molar-refractivity contribution in [2.45, 2.75) is 20.1 Å². The van der Waals surface area contributed by atoms with Crippen LogP contribution in [-0.4, -0.2) is 11.6 Å². The van der Waals surface area contributed by atoms with Gasteiger partial charge in [-0.15, -0.1) is 0 Å². The standard InChI is InChI=1S/C15H17ClN2O/c1-2-19-11-13-6-4-3-5-12(13)9-17-15-8-7-14(16)10-18-15/h3-8,10H,2,9,11H2,1H3,(H,17,18). The summed E-state index contributed by atoms with van der Waals surface area (Å²) in [5, 5.41) is 3.92. The van der Waals surface area contributed by atoms with Gasteiger partial charge in [0.25, 0.3) is 0 Å². The van der Waals surface area contributed by atoms with Crippen molar-refractivity contribution in [2.24, 2.45) is 0 Å². The summed E-state index contributed by atoms with van der Waals surface area (Å²) in [7, 11) is 0. The summed E-state index contributed by atoms with van der Waals surface area (Å²) in [4.78, 5) is 4.21. The van der Waals surface area contributed by atoms with E-state index < -0.39 is 0 Å². The molecule has 2 rings (SSSR count). The molecule has 3 nitrogen and oxygen atoms in total. The van der Waals surface area contributed by atoms with Crippen molar-refractivity contribution in [3.63, 3.8) is 0 Å². The Kier molecular flexibility index (Phi) is 5.19. The van der Waals surface area contributed by atoms with Crippen molar-refractivity contribution in [1.82, 2.24) is 4.98 Å². The van der Waals surface area contributed by atoms with Gasteiger partial charge < -0.3 is 10.1 Å². The Bertz CT molecular complexity index is 514. The minimum atomic E-state index is 0.641. The van der Waals surface area contributed by atoms with E-state index in [1.54, 1.807) is 6.20 Å². The van der Waals surface area contributed by atoms with Crippen molar-refractivity contribution < 1.29 is 4.74 Å². The lowest BCUT2D eigenvalue weighted by molar-refractivity contribution is 0.133. The van der Waals surface area contributed by atoms with Crippen LogP contribution in [0.2, 0.25) is 5.02 Å². The van der Waals surface area contributed by atoms with Crippen LogP contribution in [0.1, 0.15) is 18.1 Å². The Hall–Kier alpha value is -1.58. The zero-order valence-corrected chi connectivity index (χ0v) is 11.7. The average Bonchev–Trinajstić information content (AvgIpc) is 2.45. The highest BCUT2D eigenvalue weighted by Crippen LogP contribution is 2.14. The fourth-order valence-electron chi connectivity index (χ4n) is 1.75. The van der Waals surface area contributed by atoms with Gasteiger partial charge in [0.05, 0.1) is 11.6 Å². The molecule has 0 aliphatic rings. The minimum absolute atomic E-state index is 0.641. The monoisotopic (exact) mass is 276 g/mol. The van der Waals surface area contributed by atoms with Gasteiger partial charge in [0.1, 0.15) is 5.82 Å². The lowest BCUT2D eigenvalue weighted by atomic mass is 10.1. The van der Waals surface area contributed by atoms with Crippen LogP contribution in [0.5, 0.6) is 0 Å². The number of nitrogens with one attached hydrogen (secondary N) is 1. The SMILES string of the molecule is CCOCc1ccccc1CNc1ccc(Cl)cn1. The molecular weight excluding hydrogens is 260 g/mol. The number of nitrogens with zero attached hydrogens (tertiary/aromatic N) is 1. The number of pyridine rings is 1. The fraction of sp³-hybridized carbons (Fsp3) is 0.267. The molecule has 0 saturated carbocycles. The van der Waals surface area contributed by atoms with E-state index in [0.29, 0.717) is 11.6 Å². The van der Waals surface area contributed by atoms with Gasteiger partial charge in [-0.1, -0.05) is 35.9 Å². The molecule has 0 fully saturated rings. The second-order valence-corrected chi connectivity index (χ2v) is 4.56. The third kappa shape index (κ3) is 4.23. The molecule has 1 N–H and O–H groups in total. The second kappa shape index (κ2) is 7.12. The summed E-state index contributed by atoms with van der Waals surface area (Å²) in [6.07, 6.45) is 1.63. The van der Waals surface area contributed by atoms with Crippen LogP contribution in [0.4, 0.5) is 5.82 Å². The molecule has 0 aliphatic heterocycles. The number of ether oxygens (including phenoxy) is 1. The first-order chi connectivity index (χ1) is 9.29. The fourth-order valence-corrected chi connectivity index (χ4v) is 1.86. The van der Waals surface area contributed by atoms with E-state index in [4.69, 9.17) is 16.3 Å². The lowest BCUT2D eigenvalue weighted by Crippen LogP contribution is -2.05.